The Balaban J connectivity index is 1.81. The number of primary amides is 1. The minimum absolute atomic E-state index is 0.0686. The molecular formula is C17H25N3O2. The van der Waals surface area contributed by atoms with Gasteiger partial charge in [-0.1, -0.05) is 30.3 Å². The molecule has 1 aromatic carbocycles. The van der Waals surface area contributed by atoms with Crippen LogP contribution in [0.3, 0.4) is 0 Å². The summed E-state index contributed by atoms with van der Waals surface area (Å²) in [6, 6.07) is 10.8. The number of piperidine rings is 1. The van der Waals surface area contributed by atoms with Crippen molar-refractivity contribution in [3.05, 3.63) is 35.9 Å². The van der Waals surface area contributed by atoms with Crippen LogP contribution in [0.15, 0.2) is 30.3 Å². The van der Waals surface area contributed by atoms with Crippen LogP contribution in [0.2, 0.25) is 0 Å². The topological polar surface area (TPSA) is 58.8 Å². The van der Waals surface area contributed by atoms with E-state index in [1.165, 1.54) is 5.56 Å². The van der Waals surface area contributed by atoms with Gasteiger partial charge in [-0.2, -0.15) is 0 Å². The first-order chi connectivity index (χ1) is 10.7. The predicted octanol–water partition coefficient (Wildman–Crippen LogP) is 0.795. The fraction of sp³-hybridized carbons (Fsp3) is 0.588. The maximum absolute atomic E-state index is 11.2. The van der Waals surface area contributed by atoms with Crippen LogP contribution in [0, 0.1) is 0 Å². The molecule has 0 aliphatic carbocycles. The highest BCUT2D eigenvalue weighted by Crippen LogP contribution is 2.39. The number of nitrogens with two attached hydrogens (primary N) is 1. The quantitative estimate of drug-likeness (QED) is 0.894. The molecule has 0 unspecified atom stereocenters. The van der Waals surface area contributed by atoms with E-state index in [0.29, 0.717) is 6.54 Å². The number of nitrogens with zero attached hydrogens (tertiary/aromatic N) is 2. The lowest BCUT2D eigenvalue weighted by molar-refractivity contribution is -0.120. The minimum atomic E-state index is -0.237. The molecule has 120 valence electrons. The molecule has 2 aliphatic heterocycles. The van der Waals surface area contributed by atoms with E-state index in [1.807, 2.05) is 0 Å². The Hall–Kier alpha value is -1.43. The summed E-state index contributed by atoms with van der Waals surface area (Å²) < 4.78 is 5.53. The standard InChI is InChI=1S/C17H25N3O2/c18-16(21)14-19-8-6-17(7-9-19,15-4-2-1-3-5-15)20-10-12-22-13-11-20/h1-5H,6-14H2,(H2,18,21). The van der Waals surface area contributed by atoms with Crippen LogP contribution < -0.4 is 5.73 Å². The maximum Gasteiger partial charge on any atom is 0.231 e. The van der Waals surface area contributed by atoms with Gasteiger partial charge in [0.2, 0.25) is 5.91 Å². The van der Waals surface area contributed by atoms with Crippen LogP contribution in [0.25, 0.3) is 0 Å². The Labute approximate surface area is 132 Å². The normalized spacial score (nSPS) is 23.3. The molecule has 0 saturated carbocycles. The van der Waals surface area contributed by atoms with Crippen LogP contribution in [0.4, 0.5) is 0 Å². The number of hydrogen-bond acceptors (Lipinski definition) is 4. The summed E-state index contributed by atoms with van der Waals surface area (Å²) in [7, 11) is 0. The lowest BCUT2D eigenvalue weighted by Crippen LogP contribution is -2.57. The lowest BCUT2D eigenvalue weighted by atomic mass is 9.79. The molecule has 2 saturated heterocycles. The van der Waals surface area contributed by atoms with E-state index in [0.717, 1.165) is 52.2 Å². The zero-order valence-electron chi connectivity index (χ0n) is 13.0. The predicted molar refractivity (Wildman–Crippen MR) is 85.4 cm³/mol. The average molecular weight is 303 g/mol. The van der Waals surface area contributed by atoms with Gasteiger partial charge in [0, 0.05) is 31.7 Å². The third kappa shape index (κ3) is 3.16. The van der Waals surface area contributed by atoms with Gasteiger partial charge in [0.05, 0.1) is 19.8 Å². The fourth-order valence-corrected chi connectivity index (χ4v) is 3.83. The smallest absolute Gasteiger partial charge is 0.231 e. The van der Waals surface area contributed by atoms with Gasteiger partial charge >= 0.3 is 0 Å². The van der Waals surface area contributed by atoms with Crippen molar-refractivity contribution in [1.29, 1.82) is 0 Å². The van der Waals surface area contributed by atoms with E-state index in [1.54, 1.807) is 0 Å². The molecule has 2 fully saturated rings. The van der Waals surface area contributed by atoms with Gasteiger partial charge in [0.1, 0.15) is 0 Å². The minimum Gasteiger partial charge on any atom is -0.379 e. The monoisotopic (exact) mass is 303 g/mol. The molecule has 3 rings (SSSR count). The van der Waals surface area contributed by atoms with Crippen molar-refractivity contribution in [3.63, 3.8) is 0 Å². The highest BCUT2D eigenvalue weighted by atomic mass is 16.5. The number of carbonyl (C=O) groups is 1. The molecule has 5 nitrogen and oxygen atoms in total. The Morgan fingerprint density at radius 2 is 1.73 bits per heavy atom. The van der Waals surface area contributed by atoms with Gasteiger partial charge in [0.25, 0.3) is 0 Å². The van der Waals surface area contributed by atoms with Crippen molar-refractivity contribution in [2.75, 3.05) is 45.9 Å². The molecular weight excluding hydrogens is 278 g/mol. The van der Waals surface area contributed by atoms with Crippen LogP contribution in [-0.4, -0.2) is 61.6 Å². The highest BCUT2D eigenvalue weighted by molar-refractivity contribution is 5.75. The molecule has 5 heteroatoms. The number of morpholine rings is 1. The van der Waals surface area contributed by atoms with Crippen LogP contribution in [-0.2, 0) is 15.1 Å². The third-order valence-electron chi connectivity index (χ3n) is 4.99. The number of hydrogen-bond donors (Lipinski definition) is 1. The van der Waals surface area contributed by atoms with E-state index >= 15 is 0 Å². The molecule has 2 N–H and O–H groups in total. The van der Waals surface area contributed by atoms with Gasteiger partial charge in [-0.25, -0.2) is 0 Å². The summed E-state index contributed by atoms with van der Waals surface area (Å²) in [5.41, 5.74) is 6.79. The van der Waals surface area contributed by atoms with Crippen LogP contribution in [0.5, 0.6) is 0 Å². The van der Waals surface area contributed by atoms with Crippen molar-refractivity contribution in [3.8, 4) is 0 Å². The molecule has 1 aromatic rings. The van der Waals surface area contributed by atoms with Crippen molar-refractivity contribution in [1.82, 2.24) is 9.80 Å². The molecule has 1 amide bonds. The van der Waals surface area contributed by atoms with Crippen molar-refractivity contribution < 1.29 is 9.53 Å². The summed E-state index contributed by atoms with van der Waals surface area (Å²) in [4.78, 5) is 15.9. The number of benzene rings is 1. The largest absolute Gasteiger partial charge is 0.379 e. The van der Waals surface area contributed by atoms with E-state index in [2.05, 4.69) is 40.1 Å². The van der Waals surface area contributed by atoms with Gasteiger partial charge in [-0.15, -0.1) is 0 Å². The summed E-state index contributed by atoms with van der Waals surface area (Å²) in [6.45, 7) is 5.76. The first-order valence-corrected chi connectivity index (χ1v) is 8.10. The second-order valence-corrected chi connectivity index (χ2v) is 6.24. The first kappa shape index (κ1) is 15.5. The molecule has 0 aromatic heterocycles. The van der Waals surface area contributed by atoms with E-state index in [4.69, 9.17) is 10.5 Å². The molecule has 2 heterocycles. The van der Waals surface area contributed by atoms with Crippen molar-refractivity contribution >= 4 is 5.91 Å². The molecule has 0 spiro atoms. The van der Waals surface area contributed by atoms with Crippen molar-refractivity contribution in [2.24, 2.45) is 5.73 Å². The number of ether oxygens (including phenoxy) is 1. The molecule has 2 aliphatic rings. The third-order valence-corrected chi connectivity index (χ3v) is 4.99. The van der Waals surface area contributed by atoms with Gasteiger partial charge in [0.15, 0.2) is 0 Å². The van der Waals surface area contributed by atoms with E-state index in [9.17, 15) is 4.79 Å². The zero-order chi connectivity index (χ0) is 15.4. The first-order valence-electron chi connectivity index (χ1n) is 8.10. The van der Waals surface area contributed by atoms with Gasteiger partial charge < -0.3 is 10.5 Å². The summed E-state index contributed by atoms with van der Waals surface area (Å²) in [5.74, 6) is -0.237. The second kappa shape index (κ2) is 6.77. The molecule has 0 bridgehead atoms. The summed E-state index contributed by atoms with van der Waals surface area (Å²) in [6.07, 6.45) is 2.06. The number of carbonyl (C=O) groups excluding carboxylic acids is 1. The van der Waals surface area contributed by atoms with Crippen LogP contribution >= 0.6 is 0 Å². The van der Waals surface area contributed by atoms with E-state index in [-0.39, 0.29) is 11.4 Å². The Bertz CT molecular complexity index is 492. The SMILES string of the molecule is NC(=O)CN1CCC(c2ccccc2)(N2CCOCC2)CC1. The maximum atomic E-state index is 11.2. The van der Waals surface area contributed by atoms with E-state index < -0.39 is 0 Å². The highest BCUT2D eigenvalue weighted by Gasteiger charge is 2.41. The van der Waals surface area contributed by atoms with Gasteiger partial charge in [-0.05, 0) is 18.4 Å². The number of amides is 1. The average Bonchev–Trinajstić information content (AvgIpc) is 2.57. The number of likely N-dealkylation sites (tertiary alicyclic amines) is 1. The van der Waals surface area contributed by atoms with Crippen LogP contribution in [0.1, 0.15) is 18.4 Å². The Morgan fingerprint density at radius 3 is 2.32 bits per heavy atom. The molecule has 0 radical (unpaired) electrons. The summed E-state index contributed by atoms with van der Waals surface area (Å²) in [5, 5.41) is 0. The van der Waals surface area contributed by atoms with Crippen molar-refractivity contribution in [2.45, 2.75) is 18.4 Å². The Morgan fingerprint density at radius 1 is 1.09 bits per heavy atom. The zero-order valence-corrected chi connectivity index (χ0v) is 13.0. The summed E-state index contributed by atoms with van der Waals surface area (Å²) >= 11 is 0. The van der Waals surface area contributed by atoms with Gasteiger partial charge in [-0.3, -0.25) is 14.6 Å². The molecule has 0 atom stereocenters. The fourth-order valence-electron chi connectivity index (χ4n) is 3.83. The lowest BCUT2D eigenvalue weighted by Gasteiger charge is -2.50. The number of rotatable bonds is 4. The molecule has 22 heavy (non-hydrogen) atoms. The Kier molecular flexibility index (Phi) is 4.76. The second-order valence-electron chi connectivity index (χ2n) is 6.24.